The van der Waals surface area contributed by atoms with Crippen molar-refractivity contribution in [2.24, 2.45) is 0 Å². The van der Waals surface area contributed by atoms with Gasteiger partial charge in [0.25, 0.3) is 6.71 Å². The molecule has 0 spiro atoms. The van der Waals surface area contributed by atoms with Crippen molar-refractivity contribution in [3.63, 3.8) is 0 Å². The topological polar surface area (TPSA) is 6.48 Å². The van der Waals surface area contributed by atoms with Gasteiger partial charge in [-0.15, -0.1) is 0 Å². The highest BCUT2D eigenvalue weighted by molar-refractivity contribution is 7.00. The largest absolute Gasteiger partial charge is 0.335 e. The number of anilines is 5. The fraction of sp³-hybridized carbons (Fsp3) is 0.294. The number of hydrogen-bond acceptors (Lipinski definition) is 2. The lowest BCUT2D eigenvalue weighted by Crippen LogP contribution is -2.65. The summed E-state index contributed by atoms with van der Waals surface area (Å²) >= 11 is 0. The van der Waals surface area contributed by atoms with E-state index in [1.165, 1.54) is 89.3 Å². The maximum Gasteiger partial charge on any atom is 0.252 e. The van der Waals surface area contributed by atoms with Crippen LogP contribution in [0.15, 0.2) is 121 Å². The molecule has 0 saturated carbocycles. The van der Waals surface area contributed by atoms with Crippen LogP contribution in [0, 0.1) is 6.92 Å². The van der Waals surface area contributed by atoms with Crippen LogP contribution in [0.5, 0.6) is 0 Å². The molecule has 4 aliphatic rings. The monoisotopic (exact) mass is 702 g/mol. The molecule has 6 aromatic carbocycles. The van der Waals surface area contributed by atoms with E-state index < -0.39 is 0 Å². The average molecular weight is 703 g/mol. The standard InChI is InChI=1S/C51H51BN2/c1-32-26-44-46-45(27-32)54-47-39(50(8)30-34-18-13-14-19-35(34)31-51(50,54)9)20-15-21-41(47)52(46)40-24-22-37(49(5,6)7)29-43(40)53(44)42-25-23-36(48(2,3)4)28-38(42)33-16-11-10-12-17-33/h10-29H,30-31H2,1-9H3. The summed E-state index contributed by atoms with van der Waals surface area (Å²) in [6.07, 6.45) is 2.06. The number of rotatable bonds is 2. The van der Waals surface area contributed by atoms with Gasteiger partial charge in [0.1, 0.15) is 0 Å². The van der Waals surface area contributed by atoms with E-state index in [-0.39, 0.29) is 28.5 Å². The quantitative estimate of drug-likeness (QED) is 0.166. The molecule has 0 bridgehead atoms. The summed E-state index contributed by atoms with van der Waals surface area (Å²) in [6.45, 7) is 21.6. The minimum Gasteiger partial charge on any atom is -0.335 e. The summed E-state index contributed by atoms with van der Waals surface area (Å²) in [4.78, 5) is 5.47. The Balaban J connectivity index is 1.30. The zero-order valence-corrected chi connectivity index (χ0v) is 33.4. The molecule has 0 saturated heterocycles. The average Bonchev–Trinajstić information content (AvgIpc) is 3.34. The maximum atomic E-state index is 2.82. The Bertz CT molecular complexity index is 2530. The second-order valence-corrected chi connectivity index (χ2v) is 19.2. The Morgan fingerprint density at radius 2 is 1.22 bits per heavy atom. The third-order valence-corrected chi connectivity index (χ3v) is 13.8. The molecule has 3 heteroatoms. The van der Waals surface area contributed by atoms with E-state index in [4.69, 9.17) is 0 Å². The predicted octanol–water partition coefficient (Wildman–Crippen LogP) is 10.8. The third kappa shape index (κ3) is 4.48. The zero-order chi connectivity index (χ0) is 37.5. The smallest absolute Gasteiger partial charge is 0.252 e. The minimum atomic E-state index is -0.128. The van der Waals surface area contributed by atoms with Gasteiger partial charge in [-0.25, -0.2) is 0 Å². The fourth-order valence-corrected chi connectivity index (χ4v) is 10.7. The molecule has 10 rings (SSSR count). The first-order chi connectivity index (χ1) is 25.7. The molecule has 3 aliphatic heterocycles. The van der Waals surface area contributed by atoms with E-state index >= 15 is 0 Å². The Morgan fingerprint density at radius 1 is 0.574 bits per heavy atom. The molecule has 2 atom stereocenters. The normalized spacial score (nSPS) is 20.6. The summed E-state index contributed by atoms with van der Waals surface area (Å²) in [5, 5.41) is 0. The van der Waals surface area contributed by atoms with Crippen molar-refractivity contribution < 1.29 is 0 Å². The molecule has 268 valence electrons. The molecular formula is C51H51BN2. The van der Waals surface area contributed by atoms with Gasteiger partial charge in [-0.2, -0.15) is 0 Å². The number of hydrogen-bond donors (Lipinski definition) is 0. The van der Waals surface area contributed by atoms with Crippen molar-refractivity contribution in [3.8, 4) is 11.1 Å². The highest BCUT2D eigenvalue weighted by Gasteiger charge is 2.62. The molecule has 0 fully saturated rings. The first-order valence-corrected chi connectivity index (χ1v) is 20.0. The first kappa shape index (κ1) is 33.5. The summed E-state index contributed by atoms with van der Waals surface area (Å²) in [5.41, 5.74) is 21.8. The zero-order valence-electron chi connectivity index (χ0n) is 33.4. The molecule has 2 nitrogen and oxygen atoms in total. The SMILES string of the molecule is Cc1cc2c3c(c1)N1c4c(cccc4C4(C)Cc5ccccc5CC14C)B3c1ccc(C(C)(C)C)cc1N2c1ccc(C(C)(C)C)cc1-c1ccccc1. The van der Waals surface area contributed by atoms with Crippen LogP contribution in [0.2, 0.25) is 0 Å². The van der Waals surface area contributed by atoms with Crippen LogP contribution in [-0.4, -0.2) is 12.3 Å². The predicted molar refractivity (Wildman–Crippen MR) is 232 cm³/mol. The lowest BCUT2D eigenvalue weighted by Gasteiger charge is -2.53. The van der Waals surface area contributed by atoms with Crippen LogP contribution < -0.4 is 26.2 Å². The van der Waals surface area contributed by atoms with Gasteiger partial charge in [0.05, 0.1) is 11.2 Å². The molecule has 6 aromatic rings. The minimum absolute atomic E-state index is 0.00232. The molecule has 54 heavy (non-hydrogen) atoms. The summed E-state index contributed by atoms with van der Waals surface area (Å²) in [7, 11) is 0. The second-order valence-electron chi connectivity index (χ2n) is 19.2. The number of benzene rings is 6. The molecule has 0 N–H and O–H groups in total. The number of nitrogens with zero attached hydrogens (tertiary/aromatic N) is 2. The highest BCUT2D eigenvalue weighted by atomic mass is 15.3. The van der Waals surface area contributed by atoms with Crippen LogP contribution >= 0.6 is 0 Å². The number of aryl methyl sites for hydroxylation is 1. The van der Waals surface area contributed by atoms with Gasteiger partial charge in [-0.1, -0.05) is 139 Å². The Morgan fingerprint density at radius 3 is 1.94 bits per heavy atom. The van der Waals surface area contributed by atoms with E-state index in [9.17, 15) is 0 Å². The lowest BCUT2D eigenvalue weighted by atomic mass is 9.33. The number of fused-ring (bicyclic) bond motifs is 8. The molecule has 0 aromatic heterocycles. The van der Waals surface area contributed by atoms with E-state index in [2.05, 4.69) is 193 Å². The van der Waals surface area contributed by atoms with Crippen molar-refractivity contribution in [1.29, 1.82) is 0 Å². The van der Waals surface area contributed by atoms with Gasteiger partial charge in [-0.3, -0.25) is 0 Å². The molecule has 0 radical (unpaired) electrons. The van der Waals surface area contributed by atoms with E-state index in [0.717, 1.165) is 12.8 Å². The molecular weight excluding hydrogens is 651 g/mol. The Labute approximate surface area is 323 Å². The van der Waals surface area contributed by atoms with Crippen LogP contribution in [0.25, 0.3) is 11.1 Å². The Kier molecular flexibility index (Phi) is 6.85. The summed E-state index contributed by atoms with van der Waals surface area (Å²) in [5.74, 6) is 0. The number of para-hydroxylation sites is 1. The van der Waals surface area contributed by atoms with Crippen LogP contribution in [0.3, 0.4) is 0 Å². The summed E-state index contributed by atoms with van der Waals surface area (Å²) in [6, 6.07) is 47.1. The molecule has 2 unspecified atom stereocenters. The second kappa shape index (κ2) is 11.0. The van der Waals surface area contributed by atoms with Gasteiger partial charge < -0.3 is 9.80 Å². The van der Waals surface area contributed by atoms with Gasteiger partial charge in [0.15, 0.2) is 0 Å². The van der Waals surface area contributed by atoms with Crippen LogP contribution in [0.4, 0.5) is 28.4 Å². The van der Waals surface area contributed by atoms with Gasteiger partial charge >= 0.3 is 0 Å². The van der Waals surface area contributed by atoms with Crippen molar-refractivity contribution in [2.75, 3.05) is 9.80 Å². The first-order valence-electron chi connectivity index (χ1n) is 20.0. The fourth-order valence-electron chi connectivity index (χ4n) is 10.7. The molecule has 3 heterocycles. The van der Waals surface area contributed by atoms with E-state index in [0.29, 0.717) is 0 Å². The third-order valence-electron chi connectivity index (χ3n) is 13.8. The van der Waals surface area contributed by atoms with Crippen molar-refractivity contribution in [2.45, 2.75) is 96.9 Å². The van der Waals surface area contributed by atoms with Gasteiger partial charge in [-0.05, 0) is 123 Å². The van der Waals surface area contributed by atoms with Gasteiger partial charge in [0, 0.05) is 33.7 Å². The van der Waals surface area contributed by atoms with Crippen molar-refractivity contribution in [3.05, 3.63) is 155 Å². The van der Waals surface area contributed by atoms with Crippen molar-refractivity contribution >= 4 is 51.5 Å². The van der Waals surface area contributed by atoms with E-state index in [1.807, 2.05) is 0 Å². The summed E-state index contributed by atoms with van der Waals surface area (Å²) < 4.78 is 0. The maximum absolute atomic E-state index is 2.82. The van der Waals surface area contributed by atoms with Crippen LogP contribution in [-0.2, 0) is 29.1 Å². The van der Waals surface area contributed by atoms with Crippen molar-refractivity contribution in [1.82, 2.24) is 0 Å². The lowest BCUT2D eigenvalue weighted by molar-refractivity contribution is 0.257. The molecule has 0 amide bonds. The Hall–Kier alpha value is -5.02. The molecule has 1 aliphatic carbocycles. The van der Waals surface area contributed by atoms with Gasteiger partial charge in [0.2, 0.25) is 0 Å². The van der Waals surface area contributed by atoms with E-state index in [1.54, 1.807) is 0 Å². The highest BCUT2D eigenvalue weighted by Crippen LogP contribution is 2.61. The van der Waals surface area contributed by atoms with Crippen LogP contribution in [0.1, 0.15) is 88.8 Å².